The lowest BCUT2D eigenvalue weighted by Gasteiger charge is -2.38. The summed E-state index contributed by atoms with van der Waals surface area (Å²) in [6.07, 6.45) is 4.54. The lowest BCUT2D eigenvalue weighted by molar-refractivity contribution is -0.301. The van der Waals surface area contributed by atoms with Gasteiger partial charge in [0, 0.05) is 11.1 Å². The van der Waals surface area contributed by atoms with Gasteiger partial charge in [-0.1, -0.05) is 44.4 Å². The fourth-order valence-corrected chi connectivity index (χ4v) is 5.80. The van der Waals surface area contributed by atoms with Gasteiger partial charge in [0.05, 0.1) is 22.3 Å². The standard InChI is InChI=1S/C37H42O9/c1-9-10-11-12-15-23-19-28-29(21-26(23)34(40)44-46-36(6,7)8)41-30-20-24(32(38)43-45-35(3,4)5)18-22(2)31(30)37(28)27-17-14-13-16-25(27)33(39)42-37/h13-14,16-21H,9-12,15H2,1-8H3. The molecule has 0 saturated heterocycles. The quantitative estimate of drug-likeness (QED) is 0.0996. The number of esters is 1. The van der Waals surface area contributed by atoms with Crippen LogP contribution < -0.4 is 4.74 Å². The van der Waals surface area contributed by atoms with Crippen LogP contribution in [0.4, 0.5) is 0 Å². The van der Waals surface area contributed by atoms with Gasteiger partial charge in [-0.15, -0.1) is 0 Å². The Hall–Kier alpha value is -4.21. The summed E-state index contributed by atoms with van der Waals surface area (Å²) in [5, 5.41) is 0. The van der Waals surface area contributed by atoms with E-state index in [1.54, 1.807) is 65.8 Å². The highest BCUT2D eigenvalue weighted by atomic mass is 17.2. The zero-order valence-corrected chi connectivity index (χ0v) is 27.8. The second-order valence-electron chi connectivity index (χ2n) is 13.8. The zero-order chi connectivity index (χ0) is 33.4. The molecule has 2 aliphatic heterocycles. The molecule has 2 heterocycles. The molecule has 9 heteroatoms. The Morgan fingerprint density at radius 3 is 2.15 bits per heavy atom. The monoisotopic (exact) mass is 630 g/mol. The molecule has 1 spiro atoms. The Morgan fingerprint density at radius 2 is 1.48 bits per heavy atom. The molecule has 0 saturated carbocycles. The molecule has 9 nitrogen and oxygen atoms in total. The van der Waals surface area contributed by atoms with Gasteiger partial charge < -0.3 is 9.47 Å². The number of carbonyl (C=O) groups is 3. The van der Waals surface area contributed by atoms with Gasteiger partial charge in [0.15, 0.2) is 5.60 Å². The predicted molar refractivity (Wildman–Crippen MR) is 170 cm³/mol. The third kappa shape index (κ3) is 6.52. The maximum atomic E-state index is 13.5. The van der Waals surface area contributed by atoms with Crippen molar-refractivity contribution in [1.82, 2.24) is 0 Å². The fourth-order valence-electron chi connectivity index (χ4n) is 5.80. The third-order valence-corrected chi connectivity index (χ3v) is 7.72. The molecule has 0 radical (unpaired) electrons. The molecule has 0 aliphatic carbocycles. The van der Waals surface area contributed by atoms with Gasteiger partial charge in [-0.2, -0.15) is 9.78 Å². The highest BCUT2D eigenvalue weighted by Crippen LogP contribution is 2.57. The maximum absolute atomic E-state index is 13.5. The average Bonchev–Trinajstić information content (AvgIpc) is 3.28. The number of fused-ring (bicyclic) bond motifs is 6. The van der Waals surface area contributed by atoms with E-state index in [4.69, 9.17) is 29.0 Å². The molecule has 1 unspecified atom stereocenters. The highest BCUT2D eigenvalue weighted by molar-refractivity contribution is 5.98. The number of ether oxygens (including phenoxy) is 2. The lowest BCUT2D eigenvalue weighted by atomic mass is 9.74. The summed E-state index contributed by atoms with van der Waals surface area (Å²) >= 11 is 0. The van der Waals surface area contributed by atoms with Crippen molar-refractivity contribution in [2.24, 2.45) is 0 Å². The van der Waals surface area contributed by atoms with Crippen LogP contribution in [-0.4, -0.2) is 29.1 Å². The Balaban J connectivity index is 1.70. The summed E-state index contributed by atoms with van der Waals surface area (Å²) in [6, 6.07) is 13.9. The summed E-state index contributed by atoms with van der Waals surface area (Å²) in [5.41, 5.74) is 1.22. The molecule has 0 aromatic heterocycles. The van der Waals surface area contributed by atoms with Gasteiger partial charge >= 0.3 is 17.9 Å². The number of rotatable bonds is 9. The number of carbonyl (C=O) groups excluding carboxylic acids is 3. The highest BCUT2D eigenvalue weighted by Gasteiger charge is 2.54. The maximum Gasteiger partial charge on any atom is 0.373 e. The van der Waals surface area contributed by atoms with E-state index in [9.17, 15) is 14.4 Å². The summed E-state index contributed by atoms with van der Waals surface area (Å²) in [4.78, 5) is 61.1. The number of hydrogen-bond acceptors (Lipinski definition) is 9. The van der Waals surface area contributed by atoms with E-state index in [-0.39, 0.29) is 22.6 Å². The first-order chi connectivity index (χ1) is 21.6. The van der Waals surface area contributed by atoms with Gasteiger partial charge in [0.25, 0.3) is 0 Å². The molecule has 1 atom stereocenters. The van der Waals surface area contributed by atoms with Gasteiger partial charge in [-0.25, -0.2) is 14.4 Å². The van der Waals surface area contributed by atoms with Gasteiger partial charge in [0.1, 0.15) is 22.7 Å². The number of unbranched alkanes of at least 4 members (excludes halogenated alkanes) is 3. The van der Waals surface area contributed by atoms with Crippen LogP contribution in [0.2, 0.25) is 0 Å². The molecular formula is C37H42O9. The number of hydrogen-bond donors (Lipinski definition) is 0. The zero-order valence-electron chi connectivity index (χ0n) is 27.8. The fraction of sp³-hybridized carbons (Fsp3) is 0.432. The Bertz CT molecular complexity index is 1680. The van der Waals surface area contributed by atoms with Crippen molar-refractivity contribution >= 4 is 17.9 Å². The van der Waals surface area contributed by atoms with Crippen LogP contribution in [0.25, 0.3) is 0 Å². The molecule has 0 amide bonds. The molecule has 0 N–H and O–H groups in total. The molecule has 3 aromatic rings. The first-order valence-corrected chi connectivity index (χ1v) is 15.8. The SMILES string of the molecule is CCCCCCc1cc2c(cc1C(=O)OOC(C)(C)C)Oc1cc(C(=O)OOC(C)(C)C)cc(C)c1C21OC(=O)c2ccccc21. The van der Waals surface area contributed by atoms with Crippen LogP contribution in [0.5, 0.6) is 11.5 Å². The second-order valence-corrected chi connectivity index (χ2v) is 13.8. The van der Waals surface area contributed by atoms with Crippen molar-refractivity contribution in [2.45, 2.75) is 104 Å². The van der Waals surface area contributed by atoms with Crippen LogP contribution in [0.1, 0.15) is 133 Å². The summed E-state index contributed by atoms with van der Waals surface area (Å²) < 4.78 is 12.9. The van der Waals surface area contributed by atoms with Crippen molar-refractivity contribution in [2.75, 3.05) is 0 Å². The number of benzene rings is 3. The largest absolute Gasteiger partial charge is 0.456 e. The molecule has 5 rings (SSSR count). The van der Waals surface area contributed by atoms with E-state index in [1.165, 1.54) is 6.07 Å². The van der Waals surface area contributed by atoms with E-state index in [0.717, 1.165) is 31.2 Å². The lowest BCUT2D eigenvalue weighted by Crippen LogP contribution is -2.34. The van der Waals surface area contributed by atoms with Crippen LogP contribution in [-0.2, 0) is 36.3 Å². The number of aryl methyl sites for hydroxylation is 2. The molecule has 0 bridgehead atoms. The van der Waals surface area contributed by atoms with E-state index in [1.807, 2.05) is 25.1 Å². The predicted octanol–water partition coefficient (Wildman–Crippen LogP) is 8.46. The molecule has 3 aromatic carbocycles. The van der Waals surface area contributed by atoms with Crippen molar-refractivity contribution in [3.63, 3.8) is 0 Å². The molecule has 0 fully saturated rings. The van der Waals surface area contributed by atoms with Crippen molar-refractivity contribution in [3.8, 4) is 11.5 Å². The van der Waals surface area contributed by atoms with Crippen LogP contribution in [0.3, 0.4) is 0 Å². The van der Waals surface area contributed by atoms with Crippen LogP contribution in [0, 0.1) is 6.92 Å². The first-order valence-electron chi connectivity index (χ1n) is 15.8. The third-order valence-electron chi connectivity index (χ3n) is 7.72. The molecule has 244 valence electrons. The summed E-state index contributed by atoms with van der Waals surface area (Å²) in [7, 11) is 0. The van der Waals surface area contributed by atoms with Gasteiger partial charge in [-0.05, 0) is 103 Å². The van der Waals surface area contributed by atoms with Crippen molar-refractivity contribution in [1.29, 1.82) is 0 Å². The van der Waals surface area contributed by atoms with Crippen LogP contribution >= 0.6 is 0 Å². The normalized spacial score (nSPS) is 16.7. The smallest absolute Gasteiger partial charge is 0.373 e. The van der Waals surface area contributed by atoms with Crippen LogP contribution in [0.15, 0.2) is 48.5 Å². The molecule has 2 aliphatic rings. The van der Waals surface area contributed by atoms with Crippen molar-refractivity contribution < 1.29 is 43.4 Å². The minimum absolute atomic E-state index is 0.183. The Morgan fingerprint density at radius 1 is 0.804 bits per heavy atom. The average molecular weight is 631 g/mol. The van der Waals surface area contributed by atoms with Gasteiger partial charge in [-0.3, -0.25) is 9.78 Å². The molecular weight excluding hydrogens is 588 g/mol. The topological polar surface area (TPSA) is 107 Å². The van der Waals surface area contributed by atoms with E-state index < -0.39 is 34.7 Å². The van der Waals surface area contributed by atoms with E-state index in [2.05, 4.69) is 6.92 Å². The second kappa shape index (κ2) is 12.5. The molecule has 46 heavy (non-hydrogen) atoms. The van der Waals surface area contributed by atoms with E-state index in [0.29, 0.717) is 34.2 Å². The van der Waals surface area contributed by atoms with E-state index >= 15 is 0 Å². The first kappa shape index (κ1) is 33.2. The minimum Gasteiger partial charge on any atom is -0.456 e. The Labute approximate surface area is 269 Å². The Kier molecular flexibility index (Phi) is 9.03. The summed E-state index contributed by atoms with van der Waals surface area (Å²) in [5.74, 6) is -1.29. The van der Waals surface area contributed by atoms with Crippen molar-refractivity contribution in [3.05, 3.63) is 93.0 Å². The minimum atomic E-state index is -1.40. The summed E-state index contributed by atoms with van der Waals surface area (Å²) in [6.45, 7) is 14.6. The van der Waals surface area contributed by atoms with Gasteiger partial charge in [0.2, 0.25) is 0 Å².